The highest BCUT2D eigenvalue weighted by atomic mass is 16.4. The molecule has 0 saturated heterocycles. The van der Waals surface area contributed by atoms with Crippen LogP contribution in [0.25, 0.3) is 0 Å². The third-order valence-electron chi connectivity index (χ3n) is 2.74. The number of carboxylic acid groups (broad SMARTS) is 1. The molecule has 0 radical (unpaired) electrons. The molecule has 1 heterocycles. The van der Waals surface area contributed by atoms with Crippen molar-refractivity contribution in [2.45, 2.75) is 26.2 Å². The van der Waals surface area contributed by atoms with Crippen LogP contribution in [-0.4, -0.2) is 16.1 Å². The minimum absolute atomic E-state index is 0.0273. The first kappa shape index (κ1) is 12.4. The van der Waals surface area contributed by atoms with Gasteiger partial charge in [0.2, 0.25) is 5.76 Å². The molecule has 2 aromatic rings. The van der Waals surface area contributed by atoms with Crippen molar-refractivity contribution in [3.63, 3.8) is 0 Å². The van der Waals surface area contributed by atoms with Gasteiger partial charge in [-0.05, 0) is 18.4 Å². The van der Waals surface area contributed by atoms with E-state index in [-0.39, 0.29) is 5.76 Å². The van der Waals surface area contributed by atoms with Gasteiger partial charge in [0.1, 0.15) is 0 Å². The molecule has 0 atom stereocenters. The van der Waals surface area contributed by atoms with Crippen LogP contribution in [0.15, 0.2) is 34.7 Å². The molecule has 0 bridgehead atoms. The minimum Gasteiger partial charge on any atom is -0.475 e. The second-order valence-electron chi connectivity index (χ2n) is 4.03. The Balaban J connectivity index is 2.08. The van der Waals surface area contributed by atoms with Crippen molar-refractivity contribution in [3.8, 4) is 0 Å². The molecule has 18 heavy (non-hydrogen) atoms. The zero-order valence-electron chi connectivity index (χ0n) is 10.2. The van der Waals surface area contributed by atoms with Crippen molar-refractivity contribution in [3.05, 3.63) is 53.2 Å². The first-order chi connectivity index (χ1) is 8.70. The number of aromatic nitrogens is 1. The van der Waals surface area contributed by atoms with Crippen LogP contribution < -0.4 is 0 Å². The van der Waals surface area contributed by atoms with E-state index >= 15 is 0 Å². The van der Waals surface area contributed by atoms with Crippen LogP contribution >= 0.6 is 0 Å². The molecule has 4 nitrogen and oxygen atoms in total. The summed E-state index contributed by atoms with van der Waals surface area (Å²) in [6.45, 7) is 1.87. The van der Waals surface area contributed by atoms with E-state index in [1.54, 1.807) is 0 Å². The molecule has 0 fully saturated rings. The summed E-state index contributed by atoms with van der Waals surface area (Å²) in [6.07, 6.45) is 1.98. The molecule has 0 unspecified atom stereocenters. The summed E-state index contributed by atoms with van der Waals surface area (Å²) in [7, 11) is 0. The van der Waals surface area contributed by atoms with Gasteiger partial charge in [0.05, 0.1) is 5.69 Å². The van der Waals surface area contributed by atoms with Crippen LogP contribution in [-0.2, 0) is 19.3 Å². The van der Waals surface area contributed by atoms with Crippen LogP contribution in [0.1, 0.15) is 34.6 Å². The molecular weight excluding hydrogens is 230 g/mol. The number of aromatic carboxylic acids is 1. The zero-order valence-corrected chi connectivity index (χ0v) is 10.2. The van der Waals surface area contributed by atoms with E-state index in [1.165, 1.54) is 5.56 Å². The Morgan fingerprint density at radius 3 is 2.56 bits per heavy atom. The Hall–Kier alpha value is -2.10. The van der Waals surface area contributed by atoms with Gasteiger partial charge in [0.15, 0.2) is 5.89 Å². The van der Waals surface area contributed by atoms with Gasteiger partial charge in [-0.1, -0.05) is 37.3 Å². The first-order valence-corrected chi connectivity index (χ1v) is 5.96. The minimum atomic E-state index is -1.05. The monoisotopic (exact) mass is 245 g/mol. The predicted molar refractivity (Wildman–Crippen MR) is 66.7 cm³/mol. The van der Waals surface area contributed by atoms with Gasteiger partial charge in [0.25, 0.3) is 0 Å². The molecule has 1 aromatic carbocycles. The highest BCUT2D eigenvalue weighted by molar-refractivity contribution is 5.85. The van der Waals surface area contributed by atoms with E-state index in [2.05, 4.69) is 4.98 Å². The largest absolute Gasteiger partial charge is 0.475 e. The third-order valence-corrected chi connectivity index (χ3v) is 2.74. The summed E-state index contributed by atoms with van der Waals surface area (Å²) >= 11 is 0. The maximum absolute atomic E-state index is 10.9. The van der Waals surface area contributed by atoms with Gasteiger partial charge in [-0.2, -0.15) is 0 Å². The van der Waals surface area contributed by atoms with Crippen LogP contribution in [0.2, 0.25) is 0 Å². The van der Waals surface area contributed by atoms with Crippen molar-refractivity contribution < 1.29 is 14.3 Å². The van der Waals surface area contributed by atoms with Crippen LogP contribution in [0, 0.1) is 0 Å². The van der Waals surface area contributed by atoms with Crippen LogP contribution in [0.4, 0.5) is 0 Å². The number of benzene rings is 1. The summed E-state index contributed by atoms with van der Waals surface area (Å²) in [5.41, 5.74) is 1.70. The smallest absolute Gasteiger partial charge is 0.373 e. The Morgan fingerprint density at radius 1 is 1.28 bits per heavy atom. The molecule has 0 spiro atoms. The highest BCUT2D eigenvalue weighted by Gasteiger charge is 2.17. The van der Waals surface area contributed by atoms with E-state index in [0.29, 0.717) is 24.4 Å². The van der Waals surface area contributed by atoms with E-state index in [9.17, 15) is 4.79 Å². The van der Waals surface area contributed by atoms with Gasteiger partial charge in [-0.3, -0.25) is 0 Å². The van der Waals surface area contributed by atoms with E-state index in [0.717, 1.165) is 6.42 Å². The summed E-state index contributed by atoms with van der Waals surface area (Å²) in [4.78, 5) is 15.2. The normalized spacial score (nSPS) is 10.5. The second-order valence-corrected chi connectivity index (χ2v) is 4.03. The van der Waals surface area contributed by atoms with Crippen LogP contribution in [0.3, 0.4) is 0 Å². The topological polar surface area (TPSA) is 63.3 Å². The Labute approximate surface area is 105 Å². The summed E-state index contributed by atoms with van der Waals surface area (Å²) in [5, 5.41) is 8.96. The summed E-state index contributed by atoms with van der Waals surface area (Å²) < 4.78 is 5.28. The highest BCUT2D eigenvalue weighted by Crippen LogP contribution is 2.14. The standard InChI is InChI=1S/C14H15NO3/c1-2-11-13(14(16)17)18-12(15-11)9-8-10-6-4-3-5-7-10/h3-7H,2,8-9H2,1H3,(H,16,17). The number of hydrogen-bond donors (Lipinski definition) is 1. The van der Waals surface area contributed by atoms with E-state index in [1.807, 2.05) is 37.3 Å². The second kappa shape index (κ2) is 5.49. The number of nitrogens with zero attached hydrogens (tertiary/aromatic N) is 1. The van der Waals surface area contributed by atoms with Crippen molar-refractivity contribution >= 4 is 5.97 Å². The molecule has 0 aliphatic heterocycles. The van der Waals surface area contributed by atoms with Crippen molar-refractivity contribution in [2.24, 2.45) is 0 Å². The Bertz CT molecular complexity index is 531. The van der Waals surface area contributed by atoms with Crippen molar-refractivity contribution in [2.75, 3.05) is 0 Å². The number of carbonyl (C=O) groups is 1. The molecule has 0 saturated carbocycles. The summed E-state index contributed by atoms with van der Waals surface area (Å²) in [6, 6.07) is 9.98. The van der Waals surface area contributed by atoms with Gasteiger partial charge >= 0.3 is 5.97 Å². The molecule has 1 aromatic heterocycles. The maximum Gasteiger partial charge on any atom is 0.373 e. The quantitative estimate of drug-likeness (QED) is 0.879. The third kappa shape index (κ3) is 2.77. The number of aryl methyl sites for hydroxylation is 3. The summed E-state index contributed by atoms with van der Waals surface area (Å²) in [5.74, 6) is -0.584. The molecule has 0 aliphatic carbocycles. The maximum atomic E-state index is 10.9. The zero-order chi connectivity index (χ0) is 13.0. The Kier molecular flexibility index (Phi) is 3.77. The number of oxazole rings is 1. The molecule has 0 amide bonds. The first-order valence-electron chi connectivity index (χ1n) is 5.96. The lowest BCUT2D eigenvalue weighted by Crippen LogP contribution is -1.98. The fraction of sp³-hybridized carbons (Fsp3) is 0.286. The molecule has 0 aliphatic rings. The van der Waals surface area contributed by atoms with Crippen LogP contribution in [0.5, 0.6) is 0 Å². The van der Waals surface area contributed by atoms with Gasteiger partial charge in [-0.25, -0.2) is 9.78 Å². The Morgan fingerprint density at radius 2 is 2.00 bits per heavy atom. The van der Waals surface area contributed by atoms with Crippen molar-refractivity contribution in [1.29, 1.82) is 0 Å². The fourth-order valence-corrected chi connectivity index (χ4v) is 1.81. The van der Waals surface area contributed by atoms with Crippen molar-refractivity contribution in [1.82, 2.24) is 4.98 Å². The van der Waals surface area contributed by atoms with Gasteiger partial charge < -0.3 is 9.52 Å². The molecule has 4 heteroatoms. The fourth-order valence-electron chi connectivity index (χ4n) is 1.81. The molecule has 94 valence electrons. The average molecular weight is 245 g/mol. The molecule has 2 rings (SSSR count). The molecular formula is C14H15NO3. The predicted octanol–water partition coefficient (Wildman–Crippen LogP) is 2.72. The number of hydrogen-bond acceptors (Lipinski definition) is 3. The van der Waals surface area contributed by atoms with E-state index in [4.69, 9.17) is 9.52 Å². The van der Waals surface area contributed by atoms with Gasteiger partial charge in [-0.15, -0.1) is 0 Å². The number of rotatable bonds is 5. The van der Waals surface area contributed by atoms with Gasteiger partial charge in [0, 0.05) is 6.42 Å². The lowest BCUT2D eigenvalue weighted by molar-refractivity contribution is 0.0659. The lowest BCUT2D eigenvalue weighted by atomic mass is 10.1. The van der Waals surface area contributed by atoms with E-state index < -0.39 is 5.97 Å². The number of carboxylic acids is 1. The lowest BCUT2D eigenvalue weighted by Gasteiger charge is -1.97. The average Bonchev–Trinajstić information content (AvgIpc) is 2.81. The molecule has 1 N–H and O–H groups in total. The SMILES string of the molecule is CCc1nc(CCc2ccccc2)oc1C(=O)O.